The molecule has 2 aromatic carbocycles. The number of ether oxygens (including phenoxy) is 1. The van der Waals surface area contributed by atoms with E-state index in [1.165, 1.54) is 12.1 Å². The average molecular weight is 345 g/mol. The van der Waals surface area contributed by atoms with Crippen molar-refractivity contribution in [1.82, 2.24) is 9.78 Å². The number of carbonyl (C=O) groups is 1. The van der Waals surface area contributed by atoms with E-state index in [0.29, 0.717) is 22.0 Å². The lowest BCUT2D eigenvalue weighted by Gasteiger charge is -2.07. The molecule has 0 N–H and O–H groups in total. The van der Waals surface area contributed by atoms with Crippen LogP contribution in [0, 0.1) is 5.82 Å². The molecule has 0 aliphatic carbocycles. The number of hydrogen-bond donors (Lipinski definition) is 0. The van der Waals surface area contributed by atoms with Gasteiger partial charge in [-0.25, -0.2) is 13.9 Å². The van der Waals surface area contributed by atoms with E-state index in [2.05, 4.69) is 5.10 Å². The van der Waals surface area contributed by atoms with Gasteiger partial charge >= 0.3 is 5.97 Å². The molecule has 0 spiro atoms. The van der Waals surface area contributed by atoms with Crippen molar-refractivity contribution >= 4 is 17.6 Å². The quantitative estimate of drug-likeness (QED) is 0.654. The van der Waals surface area contributed by atoms with E-state index in [1.54, 1.807) is 54.1 Å². The number of nitrogens with zero attached hydrogens (tertiary/aromatic N) is 2. The van der Waals surface area contributed by atoms with Gasteiger partial charge in [0.2, 0.25) is 0 Å². The van der Waals surface area contributed by atoms with Gasteiger partial charge in [0, 0.05) is 10.6 Å². The molecule has 24 heavy (non-hydrogen) atoms. The van der Waals surface area contributed by atoms with Crippen molar-refractivity contribution in [3.63, 3.8) is 0 Å². The van der Waals surface area contributed by atoms with Gasteiger partial charge in [-0.05, 0) is 49.4 Å². The Morgan fingerprint density at radius 3 is 2.62 bits per heavy atom. The lowest BCUT2D eigenvalue weighted by atomic mass is 10.1. The molecule has 0 saturated carbocycles. The van der Waals surface area contributed by atoms with Gasteiger partial charge in [-0.2, -0.15) is 5.10 Å². The van der Waals surface area contributed by atoms with Crippen molar-refractivity contribution in [3.8, 4) is 16.9 Å². The summed E-state index contributed by atoms with van der Waals surface area (Å²) in [4.78, 5) is 12.0. The van der Waals surface area contributed by atoms with Crippen molar-refractivity contribution in [2.75, 3.05) is 6.61 Å². The predicted molar refractivity (Wildman–Crippen MR) is 89.9 cm³/mol. The third kappa shape index (κ3) is 3.31. The fraction of sp³-hybridized carbons (Fsp3) is 0.111. The molecule has 3 aromatic rings. The minimum Gasteiger partial charge on any atom is -0.461 e. The highest BCUT2D eigenvalue weighted by atomic mass is 35.5. The molecule has 1 aromatic heterocycles. The molecule has 4 nitrogen and oxygen atoms in total. The molecule has 0 saturated heterocycles. The molecule has 122 valence electrons. The predicted octanol–water partition coefficient (Wildman–Crippen LogP) is 4.51. The smallest absolute Gasteiger partial charge is 0.358 e. The van der Waals surface area contributed by atoms with Crippen LogP contribution >= 0.6 is 11.6 Å². The summed E-state index contributed by atoms with van der Waals surface area (Å²) in [5.74, 6) is -0.892. The maximum atomic E-state index is 13.6. The second-order valence-electron chi connectivity index (χ2n) is 5.03. The molecule has 0 aliphatic heterocycles. The molecule has 1 heterocycles. The number of benzene rings is 2. The Morgan fingerprint density at radius 1 is 1.21 bits per heavy atom. The fourth-order valence-electron chi connectivity index (χ4n) is 2.32. The monoisotopic (exact) mass is 344 g/mol. The maximum absolute atomic E-state index is 13.6. The van der Waals surface area contributed by atoms with E-state index >= 15 is 0 Å². The van der Waals surface area contributed by atoms with Crippen molar-refractivity contribution < 1.29 is 13.9 Å². The Morgan fingerprint density at radius 2 is 1.96 bits per heavy atom. The fourth-order valence-corrected chi connectivity index (χ4v) is 2.44. The Hall–Kier alpha value is -2.66. The highest BCUT2D eigenvalue weighted by Crippen LogP contribution is 2.25. The van der Waals surface area contributed by atoms with Crippen molar-refractivity contribution in [2.24, 2.45) is 0 Å². The molecule has 3 rings (SSSR count). The summed E-state index contributed by atoms with van der Waals surface area (Å²) in [6.45, 7) is 1.98. The first-order chi connectivity index (χ1) is 11.6. The van der Waals surface area contributed by atoms with Gasteiger partial charge in [0.15, 0.2) is 5.69 Å². The average Bonchev–Trinajstić information content (AvgIpc) is 3.01. The van der Waals surface area contributed by atoms with E-state index in [4.69, 9.17) is 16.3 Å². The summed E-state index contributed by atoms with van der Waals surface area (Å²) in [7, 11) is 0. The van der Waals surface area contributed by atoms with Crippen LogP contribution in [0.1, 0.15) is 17.4 Å². The summed E-state index contributed by atoms with van der Waals surface area (Å²) < 4.78 is 20.2. The van der Waals surface area contributed by atoms with E-state index in [0.717, 1.165) is 0 Å². The van der Waals surface area contributed by atoms with E-state index in [9.17, 15) is 9.18 Å². The van der Waals surface area contributed by atoms with Crippen molar-refractivity contribution in [1.29, 1.82) is 0 Å². The van der Waals surface area contributed by atoms with E-state index in [1.807, 2.05) is 0 Å². The molecule has 0 bridgehead atoms. The van der Waals surface area contributed by atoms with Gasteiger partial charge in [0.05, 0.1) is 18.0 Å². The number of carbonyl (C=O) groups excluding carboxylic acids is 1. The van der Waals surface area contributed by atoms with Gasteiger partial charge in [-0.1, -0.05) is 23.7 Å². The number of rotatable bonds is 4. The summed E-state index contributed by atoms with van der Waals surface area (Å²) >= 11 is 5.92. The summed E-state index contributed by atoms with van der Waals surface area (Å²) in [5.41, 5.74) is 2.05. The lowest BCUT2D eigenvalue weighted by molar-refractivity contribution is 0.0519. The molecule has 0 radical (unpaired) electrons. The molecule has 0 amide bonds. The Kier molecular flexibility index (Phi) is 4.62. The van der Waals surface area contributed by atoms with Crippen LogP contribution in [-0.2, 0) is 4.74 Å². The van der Waals surface area contributed by atoms with Crippen LogP contribution < -0.4 is 0 Å². The van der Waals surface area contributed by atoms with E-state index in [-0.39, 0.29) is 18.1 Å². The highest BCUT2D eigenvalue weighted by molar-refractivity contribution is 6.30. The van der Waals surface area contributed by atoms with Crippen molar-refractivity contribution in [2.45, 2.75) is 6.92 Å². The molecule has 0 fully saturated rings. The minimum atomic E-state index is -0.525. The van der Waals surface area contributed by atoms with Crippen LogP contribution in [0.2, 0.25) is 5.02 Å². The molecular weight excluding hydrogens is 331 g/mol. The zero-order valence-corrected chi connectivity index (χ0v) is 13.6. The largest absolute Gasteiger partial charge is 0.461 e. The molecule has 6 heteroatoms. The molecule has 0 unspecified atom stereocenters. The molecular formula is C18H14ClFN2O2. The SMILES string of the molecule is CCOC(=O)c1cc(-c2cccc(F)c2)n(-c2ccc(Cl)cc2)n1. The summed E-state index contributed by atoms with van der Waals surface area (Å²) in [6, 6.07) is 14.7. The van der Waals surface area contributed by atoms with Crippen LogP contribution in [0.4, 0.5) is 4.39 Å². The molecule has 0 atom stereocenters. The Balaban J connectivity index is 2.14. The maximum Gasteiger partial charge on any atom is 0.358 e. The summed E-state index contributed by atoms with van der Waals surface area (Å²) in [5, 5.41) is 4.90. The lowest BCUT2D eigenvalue weighted by Crippen LogP contribution is -2.06. The van der Waals surface area contributed by atoms with Crippen LogP contribution in [0.15, 0.2) is 54.6 Å². The third-order valence-corrected chi connectivity index (χ3v) is 3.64. The Labute approximate surface area is 143 Å². The normalized spacial score (nSPS) is 10.6. The molecule has 0 aliphatic rings. The van der Waals surface area contributed by atoms with Gasteiger partial charge in [0.25, 0.3) is 0 Å². The first kappa shape index (κ1) is 16.2. The second kappa shape index (κ2) is 6.84. The van der Waals surface area contributed by atoms with Crippen molar-refractivity contribution in [3.05, 3.63) is 71.1 Å². The number of hydrogen-bond acceptors (Lipinski definition) is 3. The Bertz CT molecular complexity index is 875. The minimum absolute atomic E-state index is 0.158. The van der Waals surface area contributed by atoms with Crippen LogP contribution in [0.5, 0.6) is 0 Å². The number of aromatic nitrogens is 2. The highest BCUT2D eigenvalue weighted by Gasteiger charge is 2.17. The van der Waals surface area contributed by atoms with Crippen LogP contribution in [-0.4, -0.2) is 22.4 Å². The third-order valence-electron chi connectivity index (χ3n) is 3.39. The van der Waals surface area contributed by atoms with Crippen LogP contribution in [0.3, 0.4) is 0 Å². The zero-order chi connectivity index (χ0) is 17.1. The van der Waals surface area contributed by atoms with Gasteiger partial charge in [0.1, 0.15) is 5.82 Å². The standard InChI is InChI=1S/C18H14ClFN2O2/c1-2-24-18(23)16-11-17(12-4-3-5-14(20)10-12)22(21-16)15-8-6-13(19)7-9-15/h3-11H,2H2,1H3. The second-order valence-corrected chi connectivity index (χ2v) is 5.47. The number of halogens is 2. The first-order valence-electron chi connectivity index (χ1n) is 7.37. The summed E-state index contributed by atoms with van der Waals surface area (Å²) in [6.07, 6.45) is 0. The van der Waals surface area contributed by atoms with Gasteiger partial charge < -0.3 is 4.74 Å². The first-order valence-corrected chi connectivity index (χ1v) is 7.75. The van der Waals surface area contributed by atoms with Gasteiger partial charge in [-0.3, -0.25) is 0 Å². The van der Waals surface area contributed by atoms with Gasteiger partial charge in [-0.15, -0.1) is 0 Å². The topological polar surface area (TPSA) is 44.1 Å². The zero-order valence-electron chi connectivity index (χ0n) is 12.9. The number of esters is 1. The van der Waals surface area contributed by atoms with Crippen LogP contribution in [0.25, 0.3) is 16.9 Å². The van der Waals surface area contributed by atoms with E-state index < -0.39 is 5.97 Å².